The highest BCUT2D eigenvalue weighted by Crippen LogP contribution is 2.57. The molecule has 0 N–H and O–H groups in total. The number of anilines is 6. The number of hydrogen-bond donors (Lipinski definition) is 0. The van der Waals surface area contributed by atoms with Crippen LogP contribution in [0.15, 0.2) is 146 Å². The van der Waals surface area contributed by atoms with Crippen LogP contribution in [0.2, 0.25) is 0 Å². The fraction of sp³-hybridized carbons (Fsp3) is 0.192. The molecule has 7 aromatic carbocycles. The first kappa shape index (κ1) is 23.0. The standard InChI is InChI=1S/C52H48N2/c1-33-9-17-37(18-10-33)53(38-19-11-34(2)12-20-38)41-25-27-43-45-31-50-46(32-49(45)51(5,6)47(43)29-41)44-28-26-42(30-48(44)52(50,7)8)54(39-21-13-35(3)14-22-39)40-23-15-36(4)16-24-40/h9-32H,1-8H3/i5D3,6D3,7D3,8D3. The lowest BCUT2D eigenvalue weighted by Gasteiger charge is -2.28. The first-order chi connectivity index (χ1) is 30.9. The van der Waals surface area contributed by atoms with Gasteiger partial charge in [0, 0.05) is 61.4 Å². The van der Waals surface area contributed by atoms with Crippen molar-refractivity contribution in [3.05, 3.63) is 190 Å². The molecule has 0 aromatic heterocycles. The SMILES string of the molecule is [2H]C([2H])([2H])C1(C([2H])([2H])[2H])c2cc(N(c3ccc(C)cc3)c3ccc(C)cc3)ccc2-c2cc3c(cc21)-c1ccc(N(c2ccc(C)cc2)c2ccc(C)cc2)cc1C3(C([2H])([2H])[2H])C([2H])([2H])[2H]. The van der Waals surface area contributed by atoms with Gasteiger partial charge in [-0.25, -0.2) is 0 Å². The normalized spacial score (nSPS) is 18.4. The highest BCUT2D eigenvalue weighted by atomic mass is 15.1. The highest BCUT2D eigenvalue weighted by molar-refractivity contribution is 5.92. The molecule has 0 fully saturated rings. The van der Waals surface area contributed by atoms with Crippen molar-refractivity contribution in [2.45, 2.75) is 65.9 Å². The van der Waals surface area contributed by atoms with E-state index >= 15 is 0 Å². The fourth-order valence-electron chi connectivity index (χ4n) is 8.06. The third kappa shape index (κ3) is 5.38. The number of fused-ring (bicyclic) bond motifs is 6. The van der Waals surface area contributed by atoms with E-state index in [-0.39, 0.29) is 44.5 Å². The van der Waals surface area contributed by atoms with E-state index in [1.54, 1.807) is 36.4 Å². The number of hydrogen-bond acceptors (Lipinski definition) is 2. The van der Waals surface area contributed by atoms with Crippen LogP contribution in [-0.4, -0.2) is 0 Å². The minimum Gasteiger partial charge on any atom is -0.310 e. The van der Waals surface area contributed by atoms with Crippen molar-refractivity contribution in [3.63, 3.8) is 0 Å². The molecule has 0 heterocycles. The van der Waals surface area contributed by atoms with E-state index in [0.29, 0.717) is 11.4 Å². The molecule has 7 aromatic rings. The third-order valence-corrected chi connectivity index (χ3v) is 11.0. The molecule has 0 saturated heterocycles. The van der Waals surface area contributed by atoms with Crippen molar-refractivity contribution in [3.8, 4) is 22.3 Å². The predicted octanol–water partition coefficient (Wildman–Crippen LogP) is 14.5. The molecule has 0 spiro atoms. The minimum atomic E-state index is -3.18. The van der Waals surface area contributed by atoms with Crippen LogP contribution >= 0.6 is 0 Å². The summed E-state index contributed by atoms with van der Waals surface area (Å²) in [6.07, 6.45) is 0. The van der Waals surface area contributed by atoms with E-state index in [1.165, 1.54) is 12.1 Å². The summed E-state index contributed by atoms with van der Waals surface area (Å²) < 4.78 is 110. The van der Waals surface area contributed by atoms with Gasteiger partial charge in [0.25, 0.3) is 0 Å². The summed E-state index contributed by atoms with van der Waals surface area (Å²) in [6.45, 7) is -4.82. The molecule has 0 bridgehead atoms. The monoisotopic (exact) mass is 712 g/mol. The number of rotatable bonds is 6. The highest BCUT2D eigenvalue weighted by Gasteiger charge is 2.42. The Kier molecular flexibility index (Phi) is 5.27. The van der Waals surface area contributed by atoms with Gasteiger partial charge in [-0.15, -0.1) is 0 Å². The summed E-state index contributed by atoms with van der Waals surface area (Å²) in [5, 5.41) is 0. The van der Waals surface area contributed by atoms with Crippen LogP contribution in [0.3, 0.4) is 0 Å². The van der Waals surface area contributed by atoms with Crippen molar-refractivity contribution < 1.29 is 16.4 Å². The Morgan fingerprint density at radius 1 is 0.315 bits per heavy atom. The molecule has 0 amide bonds. The third-order valence-electron chi connectivity index (χ3n) is 11.0. The van der Waals surface area contributed by atoms with Gasteiger partial charge in [0.15, 0.2) is 0 Å². The van der Waals surface area contributed by atoms with Gasteiger partial charge < -0.3 is 9.80 Å². The molecule has 54 heavy (non-hydrogen) atoms. The molecular weight excluding hydrogens is 653 g/mol. The van der Waals surface area contributed by atoms with E-state index in [9.17, 15) is 16.4 Å². The Labute approximate surface area is 338 Å². The molecule has 2 heteroatoms. The molecule has 2 aliphatic carbocycles. The molecule has 266 valence electrons. The summed E-state index contributed by atoms with van der Waals surface area (Å²) in [4.78, 5) is 3.87. The molecule has 0 atom stereocenters. The molecule has 2 aliphatic rings. The minimum absolute atomic E-state index is 0.0127. The van der Waals surface area contributed by atoms with Crippen molar-refractivity contribution in [1.82, 2.24) is 0 Å². The number of benzene rings is 7. The van der Waals surface area contributed by atoms with Crippen LogP contribution in [0.5, 0.6) is 0 Å². The summed E-state index contributed by atoms with van der Waals surface area (Å²) >= 11 is 0. The maximum absolute atomic E-state index is 9.21. The van der Waals surface area contributed by atoms with Crippen LogP contribution in [0, 0.1) is 27.7 Å². The Bertz CT molecular complexity index is 2670. The van der Waals surface area contributed by atoms with Gasteiger partial charge in [-0.1, -0.05) is 110 Å². The average Bonchev–Trinajstić information content (AvgIpc) is 3.70. The van der Waals surface area contributed by atoms with E-state index in [4.69, 9.17) is 0 Å². The lowest BCUT2D eigenvalue weighted by molar-refractivity contribution is 0.652. The summed E-state index contributed by atoms with van der Waals surface area (Å²) in [7, 11) is 0. The van der Waals surface area contributed by atoms with E-state index in [1.807, 2.05) is 135 Å². The maximum Gasteiger partial charge on any atom is 0.0465 e. The number of nitrogens with zero attached hydrogens (tertiary/aromatic N) is 2. The van der Waals surface area contributed by atoms with Crippen LogP contribution < -0.4 is 9.80 Å². The molecular formula is C52H48N2. The van der Waals surface area contributed by atoms with E-state index < -0.39 is 38.2 Å². The zero-order valence-corrected chi connectivity index (χ0v) is 30.8. The lowest BCUT2D eigenvalue weighted by Crippen LogP contribution is -2.18. The summed E-state index contributed by atoms with van der Waals surface area (Å²) in [6, 6.07) is 44.3. The van der Waals surface area contributed by atoms with E-state index in [0.717, 1.165) is 45.0 Å². The van der Waals surface area contributed by atoms with Gasteiger partial charge in [0.2, 0.25) is 0 Å². The van der Waals surface area contributed by atoms with Crippen LogP contribution in [0.4, 0.5) is 34.1 Å². The van der Waals surface area contributed by atoms with Gasteiger partial charge in [-0.05, 0) is 157 Å². The molecule has 9 rings (SSSR count). The van der Waals surface area contributed by atoms with Crippen molar-refractivity contribution in [2.24, 2.45) is 0 Å². The zero-order chi connectivity index (χ0) is 47.5. The second-order valence-electron chi connectivity index (χ2n) is 14.9. The van der Waals surface area contributed by atoms with Gasteiger partial charge >= 0.3 is 0 Å². The first-order valence-electron chi connectivity index (χ1n) is 24.3. The van der Waals surface area contributed by atoms with Gasteiger partial charge in [0.05, 0.1) is 0 Å². The van der Waals surface area contributed by atoms with Gasteiger partial charge in [0.1, 0.15) is 0 Å². The Balaban J connectivity index is 1.33. The molecule has 0 radical (unpaired) electrons. The first-order valence-corrected chi connectivity index (χ1v) is 18.3. The van der Waals surface area contributed by atoms with Gasteiger partial charge in [-0.2, -0.15) is 0 Å². The maximum atomic E-state index is 9.21. The summed E-state index contributed by atoms with van der Waals surface area (Å²) in [5.41, 5.74) is 3.71. The van der Waals surface area contributed by atoms with Gasteiger partial charge in [-0.3, -0.25) is 0 Å². The second-order valence-corrected chi connectivity index (χ2v) is 14.9. The average molecular weight is 713 g/mol. The molecule has 0 unspecified atom stereocenters. The molecule has 0 aliphatic heterocycles. The van der Waals surface area contributed by atoms with Crippen molar-refractivity contribution in [2.75, 3.05) is 9.80 Å². The van der Waals surface area contributed by atoms with E-state index in [2.05, 4.69) is 0 Å². The second kappa shape index (κ2) is 12.4. The van der Waals surface area contributed by atoms with Crippen LogP contribution in [0.1, 0.15) is 88.4 Å². The van der Waals surface area contributed by atoms with Crippen LogP contribution in [-0.2, 0) is 10.8 Å². The Morgan fingerprint density at radius 2 is 0.574 bits per heavy atom. The smallest absolute Gasteiger partial charge is 0.0465 e. The van der Waals surface area contributed by atoms with Crippen molar-refractivity contribution >= 4 is 34.1 Å². The fourth-order valence-corrected chi connectivity index (χ4v) is 8.06. The Morgan fingerprint density at radius 3 is 0.852 bits per heavy atom. The van der Waals surface area contributed by atoms with Crippen molar-refractivity contribution in [1.29, 1.82) is 0 Å². The lowest BCUT2D eigenvalue weighted by atomic mass is 9.79. The quantitative estimate of drug-likeness (QED) is 0.169. The molecule has 0 saturated carbocycles. The topological polar surface area (TPSA) is 6.48 Å². The zero-order valence-electron chi connectivity index (χ0n) is 42.8. The largest absolute Gasteiger partial charge is 0.310 e. The predicted molar refractivity (Wildman–Crippen MR) is 230 cm³/mol. The number of aryl methyl sites for hydroxylation is 4. The van der Waals surface area contributed by atoms with Crippen LogP contribution in [0.25, 0.3) is 22.3 Å². The molecule has 2 nitrogen and oxygen atoms in total. The summed E-state index contributed by atoms with van der Waals surface area (Å²) in [5.74, 6) is 0. The Hall–Kier alpha value is -5.86.